The van der Waals surface area contributed by atoms with Crippen LogP contribution in [0.1, 0.15) is 23.7 Å². The van der Waals surface area contributed by atoms with Crippen molar-refractivity contribution in [2.24, 2.45) is 5.73 Å². The molecule has 5 heteroatoms. The normalized spacial score (nSPS) is 18.6. The van der Waals surface area contributed by atoms with Gasteiger partial charge in [0, 0.05) is 12.5 Å². The third-order valence-corrected chi connectivity index (χ3v) is 4.90. The van der Waals surface area contributed by atoms with Crippen LogP contribution in [-0.2, 0) is 6.54 Å². The molecule has 4 rings (SSSR count). The van der Waals surface area contributed by atoms with Gasteiger partial charge in [-0.25, -0.2) is 9.37 Å². The maximum atomic E-state index is 13.1. The molecular formula is C16H14FN3S. The lowest BCUT2D eigenvalue weighted by molar-refractivity contribution is 0.640. The van der Waals surface area contributed by atoms with Gasteiger partial charge >= 0.3 is 0 Å². The Labute approximate surface area is 125 Å². The maximum absolute atomic E-state index is 13.1. The molecule has 0 radical (unpaired) electrons. The smallest absolute Gasteiger partial charge is 0.195 e. The molecule has 1 aliphatic carbocycles. The number of hydrogen-bond acceptors (Lipinski definition) is 3. The van der Waals surface area contributed by atoms with Crippen molar-refractivity contribution >= 4 is 26.5 Å². The lowest BCUT2D eigenvalue weighted by Gasteiger charge is -2.13. The number of imidazole rings is 1. The highest BCUT2D eigenvalue weighted by atomic mass is 32.1. The molecule has 21 heavy (non-hydrogen) atoms. The molecule has 3 nitrogen and oxygen atoms in total. The fraction of sp³-hybridized carbons (Fsp3) is 0.188. The van der Waals surface area contributed by atoms with Gasteiger partial charge in [0.2, 0.25) is 0 Å². The van der Waals surface area contributed by atoms with E-state index in [0.29, 0.717) is 13.0 Å². The van der Waals surface area contributed by atoms with Crippen molar-refractivity contribution in [3.63, 3.8) is 0 Å². The molecule has 0 spiro atoms. The lowest BCUT2D eigenvalue weighted by Crippen LogP contribution is -2.07. The average molecular weight is 299 g/mol. The van der Waals surface area contributed by atoms with Gasteiger partial charge in [-0.05, 0) is 30.7 Å². The molecule has 1 unspecified atom stereocenters. The van der Waals surface area contributed by atoms with Gasteiger partial charge in [-0.2, -0.15) is 0 Å². The zero-order chi connectivity index (χ0) is 14.4. The lowest BCUT2D eigenvalue weighted by atomic mass is 9.95. The zero-order valence-corrected chi connectivity index (χ0v) is 12.1. The Kier molecular flexibility index (Phi) is 2.90. The summed E-state index contributed by atoms with van der Waals surface area (Å²) in [5, 5.41) is 0. The molecule has 0 bridgehead atoms. The van der Waals surface area contributed by atoms with Gasteiger partial charge in [-0.15, -0.1) is 0 Å². The van der Waals surface area contributed by atoms with Crippen LogP contribution in [0.15, 0.2) is 48.3 Å². The topological polar surface area (TPSA) is 43.3 Å². The van der Waals surface area contributed by atoms with E-state index in [2.05, 4.69) is 16.5 Å². The maximum Gasteiger partial charge on any atom is 0.195 e. The van der Waals surface area contributed by atoms with E-state index in [1.54, 1.807) is 17.4 Å². The molecule has 1 atom stereocenters. The summed E-state index contributed by atoms with van der Waals surface area (Å²) in [5.74, 6) is -0.0686. The quantitative estimate of drug-likeness (QED) is 0.779. The van der Waals surface area contributed by atoms with Gasteiger partial charge in [0.05, 0.1) is 21.6 Å². The summed E-state index contributed by atoms with van der Waals surface area (Å²) >= 11 is 1.66. The first-order chi connectivity index (χ1) is 10.3. The van der Waals surface area contributed by atoms with Crippen LogP contribution in [0, 0.1) is 0 Å². The monoisotopic (exact) mass is 299 g/mol. The number of para-hydroxylation sites is 1. The van der Waals surface area contributed by atoms with Crippen molar-refractivity contribution in [3.8, 4) is 0 Å². The molecule has 106 valence electrons. The summed E-state index contributed by atoms with van der Waals surface area (Å²) in [7, 11) is 0. The first-order valence-electron chi connectivity index (χ1n) is 6.90. The number of hydrogen-bond donors (Lipinski definition) is 1. The minimum Gasteiger partial charge on any atom is -0.325 e. The number of rotatable bonds is 2. The standard InChI is InChI=1S/C16H14FN3S/c17-11-7-5-10(6-8-11)15-13(9-18)20-12-3-1-2-4-14(12)21-16(20)19-15/h1-5,7-8,10H,6,9,18H2. The van der Waals surface area contributed by atoms with Gasteiger partial charge in [0.25, 0.3) is 0 Å². The van der Waals surface area contributed by atoms with E-state index in [9.17, 15) is 4.39 Å². The predicted molar refractivity (Wildman–Crippen MR) is 84.2 cm³/mol. The third kappa shape index (κ3) is 1.92. The van der Waals surface area contributed by atoms with Crippen molar-refractivity contribution in [1.29, 1.82) is 0 Å². The summed E-state index contributed by atoms with van der Waals surface area (Å²) in [6.45, 7) is 0.424. The molecule has 2 aromatic heterocycles. The number of nitrogens with two attached hydrogens (primary N) is 1. The Hall–Kier alpha value is -1.98. The van der Waals surface area contributed by atoms with E-state index in [-0.39, 0.29) is 11.7 Å². The van der Waals surface area contributed by atoms with E-state index in [0.717, 1.165) is 21.9 Å². The Morgan fingerprint density at radius 1 is 1.38 bits per heavy atom. The fourth-order valence-electron chi connectivity index (χ4n) is 2.88. The van der Waals surface area contributed by atoms with Gasteiger partial charge in [0.1, 0.15) is 5.83 Å². The highest BCUT2D eigenvalue weighted by Crippen LogP contribution is 2.34. The van der Waals surface area contributed by atoms with Crippen LogP contribution in [0.5, 0.6) is 0 Å². The second kappa shape index (κ2) is 4.79. The molecule has 0 saturated heterocycles. The summed E-state index contributed by atoms with van der Waals surface area (Å²) in [6.07, 6.45) is 5.64. The van der Waals surface area contributed by atoms with Crippen LogP contribution in [0.25, 0.3) is 15.2 Å². The van der Waals surface area contributed by atoms with Crippen LogP contribution < -0.4 is 5.73 Å². The van der Waals surface area contributed by atoms with E-state index in [4.69, 9.17) is 10.7 Å². The van der Waals surface area contributed by atoms with Gasteiger partial charge in [-0.1, -0.05) is 29.5 Å². The van der Waals surface area contributed by atoms with Gasteiger partial charge in [-0.3, -0.25) is 4.40 Å². The van der Waals surface area contributed by atoms with Crippen molar-refractivity contribution in [2.75, 3.05) is 0 Å². The minimum atomic E-state index is -0.174. The second-order valence-electron chi connectivity index (χ2n) is 5.13. The van der Waals surface area contributed by atoms with E-state index < -0.39 is 0 Å². The highest BCUT2D eigenvalue weighted by molar-refractivity contribution is 7.23. The summed E-state index contributed by atoms with van der Waals surface area (Å²) < 4.78 is 16.5. The predicted octanol–water partition coefficient (Wildman–Crippen LogP) is 3.90. The molecule has 0 aliphatic heterocycles. The van der Waals surface area contributed by atoms with Crippen molar-refractivity contribution in [1.82, 2.24) is 9.38 Å². The molecule has 2 heterocycles. The molecule has 3 aromatic rings. The number of benzene rings is 1. The van der Waals surface area contributed by atoms with Crippen LogP contribution in [-0.4, -0.2) is 9.38 Å². The number of allylic oxidation sites excluding steroid dienone is 4. The Morgan fingerprint density at radius 3 is 3.00 bits per heavy atom. The molecule has 0 saturated carbocycles. The van der Waals surface area contributed by atoms with E-state index >= 15 is 0 Å². The molecule has 0 amide bonds. The summed E-state index contributed by atoms with van der Waals surface area (Å²) in [4.78, 5) is 5.72. The van der Waals surface area contributed by atoms with Gasteiger partial charge in [0.15, 0.2) is 4.96 Å². The number of thiazole rings is 1. The molecule has 0 fully saturated rings. The largest absolute Gasteiger partial charge is 0.325 e. The van der Waals surface area contributed by atoms with Gasteiger partial charge < -0.3 is 5.73 Å². The first kappa shape index (κ1) is 12.7. The second-order valence-corrected chi connectivity index (χ2v) is 6.14. The van der Waals surface area contributed by atoms with Crippen LogP contribution in [0.4, 0.5) is 4.39 Å². The number of halogens is 1. The SMILES string of the molecule is NCc1c(C2C=CC(F)=CC2)nc2sc3ccccc3n12. The van der Waals surface area contributed by atoms with Crippen molar-refractivity contribution in [3.05, 3.63) is 59.7 Å². The third-order valence-electron chi connectivity index (χ3n) is 3.88. The number of fused-ring (bicyclic) bond motifs is 3. The van der Waals surface area contributed by atoms with Crippen molar-refractivity contribution in [2.45, 2.75) is 18.9 Å². The Morgan fingerprint density at radius 2 is 2.24 bits per heavy atom. The Bertz CT molecular complexity index is 888. The molecule has 1 aromatic carbocycles. The van der Waals surface area contributed by atoms with Crippen LogP contribution >= 0.6 is 11.3 Å². The highest BCUT2D eigenvalue weighted by Gasteiger charge is 2.22. The van der Waals surface area contributed by atoms with Crippen LogP contribution in [0.3, 0.4) is 0 Å². The van der Waals surface area contributed by atoms with Crippen LogP contribution in [0.2, 0.25) is 0 Å². The number of nitrogens with zero attached hydrogens (tertiary/aromatic N) is 2. The van der Waals surface area contributed by atoms with E-state index in [1.165, 1.54) is 10.8 Å². The van der Waals surface area contributed by atoms with Crippen molar-refractivity contribution < 1.29 is 4.39 Å². The average Bonchev–Trinajstić information content (AvgIpc) is 3.03. The summed E-state index contributed by atoms with van der Waals surface area (Å²) in [6, 6.07) is 8.22. The summed E-state index contributed by atoms with van der Waals surface area (Å²) in [5.41, 5.74) is 9.10. The molecule has 1 aliphatic rings. The Balaban J connectivity index is 1.92. The minimum absolute atomic E-state index is 0.105. The number of aromatic nitrogens is 2. The first-order valence-corrected chi connectivity index (χ1v) is 7.72. The fourth-order valence-corrected chi connectivity index (χ4v) is 3.93. The zero-order valence-electron chi connectivity index (χ0n) is 11.3. The van der Waals surface area contributed by atoms with E-state index in [1.807, 2.05) is 18.2 Å². The molecule has 2 N–H and O–H groups in total. The molecular weight excluding hydrogens is 285 g/mol.